The molecular formula is C10H15FN2O5S. The molecule has 1 rings (SSSR count). The molecule has 1 aromatic carbocycles. The van der Waals surface area contributed by atoms with Crippen molar-refractivity contribution < 1.29 is 28.1 Å². The molecule has 19 heavy (non-hydrogen) atoms. The first kappa shape index (κ1) is 15.8. The maximum Gasteiger partial charge on any atom is 0.246 e. The Labute approximate surface area is 109 Å². The van der Waals surface area contributed by atoms with Crippen molar-refractivity contribution in [3.8, 4) is 0 Å². The van der Waals surface area contributed by atoms with Crippen LogP contribution in [0.4, 0.5) is 10.1 Å². The lowest BCUT2D eigenvalue weighted by Gasteiger charge is -2.28. The van der Waals surface area contributed by atoms with Gasteiger partial charge in [0.05, 0.1) is 25.5 Å². The van der Waals surface area contributed by atoms with Crippen molar-refractivity contribution in [3.63, 3.8) is 0 Å². The number of sulfonamides is 1. The average Bonchev–Trinajstić information content (AvgIpc) is 2.35. The second-order valence-corrected chi connectivity index (χ2v) is 5.64. The van der Waals surface area contributed by atoms with E-state index in [1.165, 1.54) is 12.1 Å². The van der Waals surface area contributed by atoms with E-state index in [1.807, 2.05) is 4.72 Å². The predicted octanol–water partition coefficient (Wildman–Crippen LogP) is -1.60. The quantitative estimate of drug-likeness (QED) is 0.401. The fraction of sp³-hybridized carbons (Fsp3) is 0.400. The highest BCUT2D eigenvalue weighted by Gasteiger charge is 2.35. The molecule has 0 saturated carbocycles. The van der Waals surface area contributed by atoms with Gasteiger partial charge < -0.3 is 21.1 Å². The zero-order chi connectivity index (χ0) is 14.7. The topological polar surface area (TPSA) is 133 Å². The molecule has 0 amide bonds. The fourth-order valence-corrected chi connectivity index (χ4v) is 2.96. The Morgan fingerprint density at radius 2 is 1.74 bits per heavy atom. The summed E-state index contributed by atoms with van der Waals surface area (Å²) < 4.78 is 39.4. The van der Waals surface area contributed by atoms with Crippen LogP contribution >= 0.6 is 0 Å². The molecule has 0 saturated heterocycles. The van der Waals surface area contributed by atoms with Gasteiger partial charge in [-0.25, -0.2) is 12.8 Å². The zero-order valence-electron chi connectivity index (χ0n) is 9.88. The third kappa shape index (κ3) is 3.19. The fourth-order valence-electron chi connectivity index (χ4n) is 1.39. The molecule has 108 valence electrons. The predicted molar refractivity (Wildman–Crippen MR) is 65.1 cm³/mol. The summed E-state index contributed by atoms with van der Waals surface area (Å²) in [4.78, 5) is -0.797. The molecule has 0 unspecified atom stereocenters. The number of hydrogen-bond acceptors (Lipinski definition) is 6. The van der Waals surface area contributed by atoms with Crippen molar-refractivity contribution in [3.05, 3.63) is 24.0 Å². The maximum absolute atomic E-state index is 13.5. The Kier molecular flexibility index (Phi) is 4.82. The molecule has 0 fully saturated rings. The molecule has 0 aliphatic rings. The smallest absolute Gasteiger partial charge is 0.246 e. The van der Waals surface area contributed by atoms with Crippen molar-refractivity contribution >= 4 is 15.7 Å². The maximum atomic E-state index is 13.5. The van der Waals surface area contributed by atoms with E-state index < -0.39 is 46.1 Å². The molecule has 9 heteroatoms. The summed E-state index contributed by atoms with van der Waals surface area (Å²) in [5.74, 6) is -1.07. The normalized spacial score (nSPS) is 12.6. The lowest BCUT2D eigenvalue weighted by Crippen LogP contribution is -2.57. The van der Waals surface area contributed by atoms with E-state index in [4.69, 9.17) is 21.1 Å². The van der Waals surface area contributed by atoms with Crippen LogP contribution in [-0.4, -0.2) is 49.1 Å². The van der Waals surface area contributed by atoms with Crippen LogP contribution in [0.25, 0.3) is 0 Å². The summed E-state index contributed by atoms with van der Waals surface area (Å²) in [7, 11) is -4.45. The molecule has 0 aliphatic carbocycles. The van der Waals surface area contributed by atoms with E-state index in [1.54, 1.807) is 0 Å². The highest BCUT2D eigenvalue weighted by atomic mass is 32.2. The van der Waals surface area contributed by atoms with Crippen LogP contribution in [0.3, 0.4) is 0 Å². The summed E-state index contributed by atoms with van der Waals surface area (Å²) in [6.45, 7) is -2.60. The number of nitrogens with two attached hydrogens (primary N) is 1. The van der Waals surface area contributed by atoms with Crippen molar-refractivity contribution in [2.24, 2.45) is 0 Å². The largest absolute Gasteiger partial charge is 0.398 e. The number of halogens is 1. The second-order valence-electron chi connectivity index (χ2n) is 4.02. The van der Waals surface area contributed by atoms with Gasteiger partial charge in [0, 0.05) is 0 Å². The second kappa shape index (κ2) is 5.80. The van der Waals surface area contributed by atoms with Crippen LogP contribution in [0, 0.1) is 5.82 Å². The van der Waals surface area contributed by atoms with Crippen LogP contribution in [0.2, 0.25) is 0 Å². The first-order valence-corrected chi connectivity index (χ1v) is 6.71. The summed E-state index contributed by atoms with van der Waals surface area (Å²) in [5.41, 5.74) is 3.18. The Morgan fingerprint density at radius 1 is 1.21 bits per heavy atom. The number of aliphatic hydroxyl groups is 3. The summed E-state index contributed by atoms with van der Waals surface area (Å²) in [6.07, 6.45) is 0. The zero-order valence-corrected chi connectivity index (χ0v) is 10.7. The lowest BCUT2D eigenvalue weighted by atomic mass is 10.1. The van der Waals surface area contributed by atoms with Gasteiger partial charge in [-0.05, 0) is 12.1 Å². The van der Waals surface area contributed by atoms with E-state index >= 15 is 0 Å². The van der Waals surface area contributed by atoms with Crippen LogP contribution < -0.4 is 10.5 Å². The third-order valence-corrected chi connectivity index (χ3v) is 4.19. The van der Waals surface area contributed by atoms with Crippen molar-refractivity contribution in [1.29, 1.82) is 0 Å². The van der Waals surface area contributed by atoms with E-state index in [0.29, 0.717) is 0 Å². The SMILES string of the molecule is Nc1cccc(F)c1S(=O)(=O)NC(CO)(CO)CO. The molecule has 0 aromatic heterocycles. The van der Waals surface area contributed by atoms with E-state index in [-0.39, 0.29) is 5.69 Å². The molecule has 6 N–H and O–H groups in total. The van der Waals surface area contributed by atoms with Crippen molar-refractivity contribution in [2.75, 3.05) is 25.6 Å². The average molecular weight is 294 g/mol. The molecule has 7 nitrogen and oxygen atoms in total. The number of anilines is 1. The molecule has 1 aromatic rings. The van der Waals surface area contributed by atoms with Gasteiger partial charge in [-0.15, -0.1) is 0 Å². The summed E-state index contributed by atoms with van der Waals surface area (Å²) in [5, 5.41) is 27.2. The van der Waals surface area contributed by atoms with Crippen LogP contribution in [0.1, 0.15) is 0 Å². The minimum absolute atomic E-state index is 0.324. The number of rotatable bonds is 6. The monoisotopic (exact) mass is 294 g/mol. The molecule has 0 atom stereocenters. The number of aliphatic hydroxyl groups excluding tert-OH is 3. The molecule has 0 heterocycles. The third-order valence-electron chi connectivity index (χ3n) is 2.53. The Hall–Kier alpha value is -1.26. The van der Waals surface area contributed by atoms with Gasteiger partial charge in [-0.1, -0.05) is 6.07 Å². The van der Waals surface area contributed by atoms with Gasteiger partial charge in [-0.3, -0.25) is 0 Å². The molecule has 0 bridgehead atoms. The van der Waals surface area contributed by atoms with Crippen LogP contribution in [0.5, 0.6) is 0 Å². The summed E-state index contributed by atoms with van der Waals surface area (Å²) in [6, 6.07) is 3.33. The first-order valence-electron chi connectivity index (χ1n) is 5.22. The minimum Gasteiger partial charge on any atom is -0.398 e. The Bertz CT molecular complexity index is 516. The van der Waals surface area contributed by atoms with Crippen LogP contribution in [0.15, 0.2) is 23.1 Å². The van der Waals surface area contributed by atoms with Gasteiger partial charge >= 0.3 is 0 Å². The van der Waals surface area contributed by atoms with E-state index in [2.05, 4.69) is 0 Å². The summed E-state index contributed by atoms with van der Waals surface area (Å²) >= 11 is 0. The Balaban J connectivity index is 3.26. The van der Waals surface area contributed by atoms with Crippen molar-refractivity contribution in [1.82, 2.24) is 4.72 Å². The molecular weight excluding hydrogens is 279 g/mol. The van der Waals surface area contributed by atoms with Gasteiger partial charge in [-0.2, -0.15) is 4.72 Å². The lowest BCUT2D eigenvalue weighted by molar-refractivity contribution is 0.0581. The van der Waals surface area contributed by atoms with Crippen LogP contribution in [-0.2, 0) is 10.0 Å². The molecule has 0 spiro atoms. The molecule has 0 aliphatic heterocycles. The highest BCUT2D eigenvalue weighted by molar-refractivity contribution is 7.89. The van der Waals surface area contributed by atoms with E-state index in [0.717, 1.165) is 6.07 Å². The standard InChI is InChI=1S/C10H15FN2O5S/c11-7-2-1-3-8(12)9(7)19(17,18)13-10(4-14,5-15)6-16/h1-3,13-16H,4-6,12H2. The van der Waals surface area contributed by atoms with E-state index in [9.17, 15) is 12.8 Å². The van der Waals surface area contributed by atoms with Gasteiger partial charge in [0.15, 0.2) is 0 Å². The Morgan fingerprint density at radius 3 is 2.16 bits per heavy atom. The van der Waals surface area contributed by atoms with Gasteiger partial charge in [0.2, 0.25) is 10.0 Å². The highest BCUT2D eigenvalue weighted by Crippen LogP contribution is 2.22. The number of benzene rings is 1. The van der Waals surface area contributed by atoms with Gasteiger partial charge in [0.25, 0.3) is 0 Å². The van der Waals surface area contributed by atoms with Crippen molar-refractivity contribution in [2.45, 2.75) is 10.4 Å². The number of hydrogen-bond donors (Lipinski definition) is 5. The number of nitrogens with one attached hydrogen (secondary N) is 1. The first-order chi connectivity index (χ1) is 8.82. The molecule has 0 radical (unpaired) electrons. The number of nitrogen functional groups attached to an aromatic ring is 1. The minimum atomic E-state index is -4.45. The van der Waals surface area contributed by atoms with Gasteiger partial charge in [0.1, 0.15) is 16.3 Å².